The summed E-state index contributed by atoms with van der Waals surface area (Å²) < 4.78 is 16.7. The number of aryl methyl sites for hydroxylation is 2. The summed E-state index contributed by atoms with van der Waals surface area (Å²) in [6, 6.07) is 15.5. The summed E-state index contributed by atoms with van der Waals surface area (Å²) in [4.78, 5) is 15.3. The minimum absolute atomic E-state index is 0.0270. The Morgan fingerprint density at radius 3 is 2.65 bits per heavy atom. The molecule has 0 bridgehead atoms. The predicted molar refractivity (Wildman–Crippen MR) is 117 cm³/mol. The molecule has 0 spiro atoms. The van der Waals surface area contributed by atoms with Gasteiger partial charge in [-0.1, -0.05) is 23.4 Å². The minimum atomic E-state index is 0.0270. The molecule has 0 unspecified atom stereocenters. The number of aromatic nitrogens is 1. The lowest BCUT2D eigenvalue weighted by molar-refractivity contribution is 0.0735. The highest BCUT2D eigenvalue weighted by Crippen LogP contribution is 2.34. The minimum Gasteiger partial charge on any atom is -0.494 e. The Hall–Kier alpha value is -3.28. The Labute approximate surface area is 182 Å². The first kappa shape index (κ1) is 21.0. The van der Waals surface area contributed by atoms with E-state index >= 15 is 0 Å². The molecule has 1 saturated heterocycles. The highest BCUT2D eigenvalue weighted by atomic mass is 16.5. The Morgan fingerprint density at radius 2 is 1.94 bits per heavy atom. The highest BCUT2D eigenvalue weighted by Gasteiger charge is 2.30. The smallest absolute Gasteiger partial charge is 0.254 e. The number of rotatable bonds is 7. The molecule has 3 aromatic rings. The van der Waals surface area contributed by atoms with Crippen LogP contribution in [0.2, 0.25) is 0 Å². The second kappa shape index (κ2) is 9.25. The van der Waals surface area contributed by atoms with E-state index in [1.165, 1.54) is 0 Å². The van der Waals surface area contributed by atoms with Crippen molar-refractivity contribution in [2.75, 3.05) is 13.2 Å². The number of amides is 1. The number of hydrogen-bond donors (Lipinski definition) is 0. The number of likely N-dealkylation sites (tertiary alicyclic amines) is 1. The molecule has 2 aromatic carbocycles. The fourth-order valence-corrected chi connectivity index (χ4v) is 4.06. The average Bonchev–Trinajstić information content (AvgIpc) is 3.40. The molecular formula is C25H28N2O4. The topological polar surface area (TPSA) is 64.8 Å². The van der Waals surface area contributed by atoms with Gasteiger partial charge in [0.25, 0.3) is 5.91 Å². The molecule has 1 aromatic heterocycles. The van der Waals surface area contributed by atoms with Crippen molar-refractivity contribution in [1.82, 2.24) is 10.1 Å². The van der Waals surface area contributed by atoms with Crippen LogP contribution in [0, 0.1) is 13.8 Å². The summed E-state index contributed by atoms with van der Waals surface area (Å²) in [5.41, 5.74) is 3.53. The van der Waals surface area contributed by atoms with Crippen LogP contribution in [0.3, 0.4) is 0 Å². The Kier molecular flexibility index (Phi) is 6.26. The highest BCUT2D eigenvalue weighted by molar-refractivity contribution is 5.95. The van der Waals surface area contributed by atoms with Crippen molar-refractivity contribution in [3.8, 4) is 11.5 Å². The largest absolute Gasteiger partial charge is 0.494 e. The van der Waals surface area contributed by atoms with Gasteiger partial charge in [-0.05, 0) is 69.5 Å². The molecule has 0 saturated carbocycles. The first-order valence-corrected chi connectivity index (χ1v) is 10.7. The van der Waals surface area contributed by atoms with E-state index in [-0.39, 0.29) is 11.9 Å². The molecule has 0 N–H and O–H groups in total. The van der Waals surface area contributed by atoms with E-state index in [0.717, 1.165) is 47.7 Å². The zero-order valence-corrected chi connectivity index (χ0v) is 18.3. The fourth-order valence-electron chi connectivity index (χ4n) is 4.06. The van der Waals surface area contributed by atoms with Crippen molar-refractivity contribution in [2.45, 2.75) is 46.3 Å². The third-order valence-corrected chi connectivity index (χ3v) is 5.73. The van der Waals surface area contributed by atoms with Crippen LogP contribution < -0.4 is 9.47 Å². The quantitative estimate of drug-likeness (QED) is 0.523. The van der Waals surface area contributed by atoms with E-state index < -0.39 is 0 Å². The zero-order chi connectivity index (χ0) is 21.8. The van der Waals surface area contributed by atoms with Crippen molar-refractivity contribution in [3.63, 3.8) is 0 Å². The van der Waals surface area contributed by atoms with Crippen LogP contribution in [0.4, 0.5) is 0 Å². The van der Waals surface area contributed by atoms with Gasteiger partial charge in [0, 0.05) is 12.1 Å². The molecule has 162 valence electrons. The fraction of sp³-hybridized carbons (Fsp3) is 0.360. The monoisotopic (exact) mass is 420 g/mol. The van der Waals surface area contributed by atoms with Gasteiger partial charge in [0.1, 0.15) is 23.9 Å². The molecular weight excluding hydrogens is 392 g/mol. The molecule has 0 radical (unpaired) electrons. The number of benzene rings is 2. The van der Waals surface area contributed by atoms with Gasteiger partial charge in [-0.25, -0.2) is 0 Å². The van der Waals surface area contributed by atoms with Gasteiger partial charge in [0.2, 0.25) is 0 Å². The van der Waals surface area contributed by atoms with Crippen LogP contribution in [0.1, 0.15) is 58.7 Å². The van der Waals surface area contributed by atoms with Crippen LogP contribution in [0.25, 0.3) is 0 Å². The molecule has 1 aliphatic rings. The molecule has 1 fully saturated rings. The van der Waals surface area contributed by atoms with Crippen LogP contribution in [0.5, 0.6) is 11.5 Å². The Balaban J connectivity index is 1.47. The molecule has 6 heteroatoms. The Bertz CT molecular complexity index is 1020. The van der Waals surface area contributed by atoms with E-state index in [4.69, 9.17) is 14.0 Å². The second-order valence-electron chi connectivity index (χ2n) is 7.78. The Morgan fingerprint density at radius 1 is 1.13 bits per heavy atom. The maximum atomic E-state index is 13.3. The van der Waals surface area contributed by atoms with Crippen LogP contribution in [0.15, 0.2) is 53.1 Å². The van der Waals surface area contributed by atoms with E-state index in [0.29, 0.717) is 24.5 Å². The molecule has 0 aliphatic carbocycles. The first-order valence-electron chi connectivity index (χ1n) is 10.7. The third-order valence-electron chi connectivity index (χ3n) is 5.73. The number of hydrogen-bond acceptors (Lipinski definition) is 5. The van der Waals surface area contributed by atoms with Gasteiger partial charge in [0.05, 0.1) is 23.9 Å². The zero-order valence-electron chi connectivity index (χ0n) is 18.3. The van der Waals surface area contributed by atoms with Gasteiger partial charge in [0.15, 0.2) is 0 Å². The number of carbonyl (C=O) groups is 1. The molecule has 6 nitrogen and oxygen atoms in total. The summed E-state index contributed by atoms with van der Waals surface area (Å²) in [5, 5.41) is 3.96. The average molecular weight is 421 g/mol. The van der Waals surface area contributed by atoms with Crippen molar-refractivity contribution in [1.29, 1.82) is 0 Å². The molecule has 4 rings (SSSR count). The van der Waals surface area contributed by atoms with Crippen molar-refractivity contribution in [3.05, 3.63) is 76.7 Å². The van der Waals surface area contributed by atoms with Gasteiger partial charge in [-0.15, -0.1) is 0 Å². The first-order chi connectivity index (χ1) is 15.1. The molecule has 1 amide bonds. The predicted octanol–water partition coefficient (Wildman–Crippen LogP) is 5.25. The third kappa shape index (κ3) is 4.58. The van der Waals surface area contributed by atoms with Gasteiger partial charge in [-0.3, -0.25) is 4.79 Å². The lowest BCUT2D eigenvalue weighted by Gasteiger charge is -2.25. The van der Waals surface area contributed by atoms with Crippen molar-refractivity contribution >= 4 is 5.91 Å². The molecule has 31 heavy (non-hydrogen) atoms. The van der Waals surface area contributed by atoms with E-state index in [2.05, 4.69) is 17.3 Å². The van der Waals surface area contributed by atoms with Crippen molar-refractivity contribution < 1.29 is 18.8 Å². The number of ether oxygens (including phenoxy) is 2. The lowest BCUT2D eigenvalue weighted by atomic mass is 10.0. The SMILES string of the molecule is CCOc1ccc([C@@H]2CCCN2C(=O)c2cccc(OCc3c(C)noc3C)c2)cc1. The van der Waals surface area contributed by atoms with E-state index in [9.17, 15) is 4.79 Å². The van der Waals surface area contributed by atoms with Gasteiger partial charge in [-0.2, -0.15) is 0 Å². The van der Waals surface area contributed by atoms with Gasteiger partial charge >= 0.3 is 0 Å². The van der Waals surface area contributed by atoms with E-state index in [1.54, 1.807) is 0 Å². The van der Waals surface area contributed by atoms with E-state index in [1.807, 2.05) is 62.1 Å². The molecule has 1 aliphatic heterocycles. The molecule has 1 atom stereocenters. The summed E-state index contributed by atoms with van der Waals surface area (Å²) in [5.74, 6) is 2.28. The summed E-state index contributed by atoms with van der Waals surface area (Å²) in [6.07, 6.45) is 1.95. The number of carbonyl (C=O) groups excluding carboxylic acids is 1. The number of nitrogens with zero attached hydrogens (tertiary/aromatic N) is 2. The maximum Gasteiger partial charge on any atom is 0.254 e. The van der Waals surface area contributed by atoms with Gasteiger partial charge < -0.3 is 18.9 Å². The summed E-state index contributed by atoms with van der Waals surface area (Å²) in [7, 11) is 0. The second-order valence-corrected chi connectivity index (χ2v) is 7.78. The standard InChI is InChI=1S/C25H28N2O4/c1-4-29-21-12-10-19(11-13-21)24-9-6-14-27(24)25(28)20-7-5-8-22(15-20)30-16-23-17(2)26-31-18(23)3/h5,7-8,10-13,15,24H,4,6,9,14,16H2,1-3H3/t24-/m0/s1. The van der Waals surface area contributed by atoms with Crippen LogP contribution >= 0.6 is 0 Å². The summed E-state index contributed by atoms with van der Waals surface area (Å²) >= 11 is 0. The normalized spacial score (nSPS) is 15.8. The lowest BCUT2D eigenvalue weighted by Crippen LogP contribution is -2.30. The van der Waals surface area contributed by atoms with Crippen LogP contribution in [-0.4, -0.2) is 29.1 Å². The van der Waals surface area contributed by atoms with Crippen molar-refractivity contribution in [2.24, 2.45) is 0 Å². The summed E-state index contributed by atoms with van der Waals surface area (Å²) in [6.45, 7) is 7.48. The molecule has 2 heterocycles. The maximum absolute atomic E-state index is 13.3. The van der Waals surface area contributed by atoms with Crippen LogP contribution in [-0.2, 0) is 6.61 Å².